The van der Waals surface area contributed by atoms with Crippen molar-refractivity contribution < 1.29 is 27.1 Å². The summed E-state index contributed by atoms with van der Waals surface area (Å²) in [6.45, 7) is 2.71. The molecule has 2 saturated heterocycles. The second kappa shape index (κ2) is 8.86. The number of carbonyl (C=O) groups is 1. The summed E-state index contributed by atoms with van der Waals surface area (Å²) < 4.78 is 57.1. The lowest BCUT2D eigenvalue weighted by Crippen LogP contribution is -2.72. The highest BCUT2D eigenvalue weighted by atomic mass is 35.5. The number of aliphatic hydroxyl groups is 1. The molecule has 184 valence electrons. The Morgan fingerprint density at radius 2 is 1.91 bits per heavy atom. The van der Waals surface area contributed by atoms with Crippen molar-refractivity contribution >= 4 is 27.5 Å². The minimum atomic E-state index is -3.65. The largest absolute Gasteiger partial charge is 0.381 e. The third kappa shape index (κ3) is 4.98. The first kappa shape index (κ1) is 25.0. The maximum atomic E-state index is 15.7. The van der Waals surface area contributed by atoms with Crippen LogP contribution in [-0.4, -0.2) is 54.3 Å². The van der Waals surface area contributed by atoms with Crippen LogP contribution in [-0.2, 0) is 21.2 Å². The Balaban J connectivity index is 1.78. The van der Waals surface area contributed by atoms with Crippen LogP contribution in [0.1, 0.15) is 32.3 Å². The molecule has 6 nitrogen and oxygen atoms in total. The molecule has 2 heterocycles. The van der Waals surface area contributed by atoms with Gasteiger partial charge in [-0.3, -0.25) is 4.79 Å². The van der Waals surface area contributed by atoms with Gasteiger partial charge in [0, 0.05) is 22.7 Å². The number of sulfonamides is 1. The zero-order valence-electron chi connectivity index (χ0n) is 19.1. The van der Waals surface area contributed by atoms with Crippen LogP contribution < -0.4 is 4.72 Å². The molecule has 0 unspecified atom stereocenters. The summed E-state index contributed by atoms with van der Waals surface area (Å²) in [7, 11) is -3.65. The van der Waals surface area contributed by atoms with Crippen molar-refractivity contribution in [2.45, 2.75) is 56.8 Å². The molecule has 3 fully saturated rings. The fraction of sp³-hybridized carbons (Fsp3) is 0.458. The summed E-state index contributed by atoms with van der Waals surface area (Å²) in [6, 6.07) is 6.85. The summed E-state index contributed by atoms with van der Waals surface area (Å²) in [6.07, 6.45) is 2.05. The third-order valence-electron chi connectivity index (χ3n) is 6.61. The van der Waals surface area contributed by atoms with Gasteiger partial charge in [0.2, 0.25) is 10.0 Å². The molecule has 34 heavy (non-hydrogen) atoms. The number of hydrogen-bond donors (Lipinski definition) is 2. The Bertz CT molecular complexity index is 1230. The molecular formula is C24H27ClF2N2O4S. The summed E-state index contributed by atoms with van der Waals surface area (Å²) in [5, 5.41) is 10.8. The highest BCUT2D eigenvalue weighted by Crippen LogP contribution is 2.45. The molecule has 2 aromatic rings. The Hall–Kier alpha value is -2.07. The molecule has 3 aliphatic rings. The minimum Gasteiger partial charge on any atom is -0.381 e. The van der Waals surface area contributed by atoms with Crippen molar-refractivity contribution in [1.29, 1.82) is 0 Å². The molecule has 2 N–H and O–H groups in total. The van der Waals surface area contributed by atoms with E-state index in [1.165, 1.54) is 24.8 Å². The fourth-order valence-corrected chi connectivity index (χ4v) is 6.11. The normalized spacial score (nSPS) is 24.6. The molecule has 10 heteroatoms. The van der Waals surface area contributed by atoms with Gasteiger partial charge in [-0.2, -0.15) is 0 Å². The monoisotopic (exact) mass is 512 g/mol. The van der Waals surface area contributed by atoms with E-state index in [2.05, 4.69) is 4.72 Å². The molecule has 2 aromatic carbocycles. The first-order valence-corrected chi connectivity index (χ1v) is 13.3. The van der Waals surface area contributed by atoms with Crippen LogP contribution in [0.15, 0.2) is 36.4 Å². The zero-order chi connectivity index (χ0) is 25.0. The van der Waals surface area contributed by atoms with Gasteiger partial charge >= 0.3 is 0 Å². The summed E-state index contributed by atoms with van der Waals surface area (Å²) >= 11 is 6.03. The average Bonchev–Trinajstić information content (AvgIpc) is 2.68. The van der Waals surface area contributed by atoms with Gasteiger partial charge in [-0.15, -0.1) is 0 Å². The summed E-state index contributed by atoms with van der Waals surface area (Å²) in [4.78, 5) is 14.6. The number of nitrogens with one attached hydrogen (secondary N) is 1. The second-order valence-corrected chi connectivity index (χ2v) is 12.0. The van der Waals surface area contributed by atoms with Crippen molar-refractivity contribution in [2.24, 2.45) is 5.92 Å². The van der Waals surface area contributed by atoms with E-state index in [1.807, 2.05) is 0 Å². The molecule has 0 spiro atoms. The molecule has 0 aromatic heterocycles. The Morgan fingerprint density at radius 3 is 2.50 bits per heavy atom. The van der Waals surface area contributed by atoms with Crippen molar-refractivity contribution in [3.8, 4) is 11.1 Å². The average molecular weight is 513 g/mol. The van der Waals surface area contributed by atoms with Crippen LogP contribution in [0.4, 0.5) is 8.78 Å². The number of fused-ring (bicyclic) bond motifs is 2. The minimum absolute atomic E-state index is 0.00937. The van der Waals surface area contributed by atoms with Gasteiger partial charge in [0.15, 0.2) is 0 Å². The topological polar surface area (TPSA) is 86.7 Å². The van der Waals surface area contributed by atoms with E-state index in [-0.39, 0.29) is 29.5 Å². The first-order chi connectivity index (χ1) is 15.7. The smallest absolute Gasteiger partial charge is 0.254 e. The molecular weight excluding hydrogens is 486 g/mol. The molecule has 2 aliphatic heterocycles. The van der Waals surface area contributed by atoms with Crippen molar-refractivity contribution in [3.05, 3.63) is 58.6 Å². The molecule has 2 atom stereocenters. The van der Waals surface area contributed by atoms with Crippen molar-refractivity contribution in [3.63, 3.8) is 0 Å². The predicted molar refractivity (Wildman–Crippen MR) is 126 cm³/mol. The number of nitrogens with zero attached hydrogens (tertiary/aromatic N) is 1. The molecule has 1 saturated carbocycles. The number of amides is 1. The quantitative estimate of drug-likeness (QED) is 0.620. The van der Waals surface area contributed by atoms with Gasteiger partial charge in [0.05, 0.1) is 12.3 Å². The number of carbonyl (C=O) groups excluding carboxylic acids is 1. The van der Waals surface area contributed by atoms with E-state index in [1.54, 1.807) is 18.2 Å². The lowest BCUT2D eigenvalue weighted by molar-refractivity contribution is -0.166. The van der Waals surface area contributed by atoms with Gasteiger partial charge in [0.25, 0.3) is 5.91 Å². The van der Waals surface area contributed by atoms with Gasteiger partial charge in [-0.05, 0) is 74.4 Å². The van der Waals surface area contributed by atoms with Crippen LogP contribution in [0.3, 0.4) is 0 Å². The number of rotatable bonds is 6. The van der Waals surface area contributed by atoms with E-state index >= 15 is 4.39 Å². The predicted octanol–water partition coefficient (Wildman–Crippen LogP) is 3.51. The van der Waals surface area contributed by atoms with Crippen molar-refractivity contribution in [2.75, 3.05) is 6.26 Å². The molecule has 5 rings (SSSR count). The van der Waals surface area contributed by atoms with Gasteiger partial charge in [-0.25, -0.2) is 21.9 Å². The lowest BCUT2D eigenvalue weighted by Gasteiger charge is -2.58. The van der Waals surface area contributed by atoms with Gasteiger partial charge in [-0.1, -0.05) is 23.7 Å². The summed E-state index contributed by atoms with van der Waals surface area (Å²) in [5.74, 6) is -1.95. The Labute approximate surface area is 203 Å². The van der Waals surface area contributed by atoms with Crippen LogP contribution in [0.5, 0.6) is 0 Å². The Kier molecular flexibility index (Phi) is 6.52. The van der Waals surface area contributed by atoms with Crippen LogP contribution in [0.2, 0.25) is 5.02 Å². The highest BCUT2D eigenvalue weighted by Gasteiger charge is 2.54. The molecule has 1 aliphatic carbocycles. The number of piperidine rings is 2. The summed E-state index contributed by atoms with van der Waals surface area (Å²) in [5.41, 5.74) is -1.28. The van der Waals surface area contributed by atoms with Crippen LogP contribution in [0, 0.1) is 17.6 Å². The third-order valence-corrected chi connectivity index (χ3v) is 7.54. The maximum absolute atomic E-state index is 15.7. The lowest BCUT2D eigenvalue weighted by atomic mass is 9.66. The van der Waals surface area contributed by atoms with Crippen LogP contribution in [0.25, 0.3) is 11.1 Å². The van der Waals surface area contributed by atoms with Crippen LogP contribution >= 0.6 is 11.6 Å². The Morgan fingerprint density at radius 1 is 1.24 bits per heavy atom. The van der Waals surface area contributed by atoms with E-state index in [9.17, 15) is 22.7 Å². The first-order valence-electron chi connectivity index (χ1n) is 11.0. The van der Waals surface area contributed by atoms with E-state index < -0.39 is 45.2 Å². The number of hydrogen-bond acceptors (Lipinski definition) is 4. The fourth-order valence-electron chi connectivity index (χ4n) is 5.07. The SMILES string of the molecule is CC(C)(O)C(=O)N1C2CC(C2)[C@H](NS(C)(=O)=O)[C@@H]1Cc1cc(F)cc(-c2cccc(Cl)c2)c1F. The molecule has 2 bridgehead atoms. The maximum Gasteiger partial charge on any atom is 0.254 e. The van der Waals surface area contributed by atoms with Crippen molar-refractivity contribution in [1.82, 2.24) is 9.62 Å². The zero-order valence-corrected chi connectivity index (χ0v) is 20.6. The number of halogens is 3. The highest BCUT2D eigenvalue weighted by molar-refractivity contribution is 7.88. The number of benzene rings is 2. The van der Waals surface area contributed by atoms with Gasteiger partial charge in [0.1, 0.15) is 17.2 Å². The molecule has 0 radical (unpaired) electrons. The van der Waals surface area contributed by atoms with E-state index in [0.717, 1.165) is 18.4 Å². The molecule has 1 amide bonds. The van der Waals surface area contributed by atoms with Gasteiger partial charge < -0.3 is 10.0 Å². The standard InChI is InChI=1S/C24H27ClF2N2O4S/c1-24(2,31)23(30)29-18-9-15(10-18)22(28-34(3,32)33)20(29)11-14-8-17(26)12-19(21(14)27)13-5-4-6-16(25)7-13/h4-8,12,15,18,20,22,28,31H,9-11H2,1-3H3/t15?,18?,20-,22-/m0/s1. The second-order valence-electron chi connectivity index (χ2n) is 9.78. The van der Waals surface area contributed by atoms with E-state index in [4.69, 9.17) is 11.6 Å². The van der Waals surface area contributed by atoms with E-state index in [0.29, 0.717) is 23.4 Å².